The molecular formula is C19H32N4O2. The fraction of sp³-hybridized carbons (Fsp3) is 0.842. The summed E-state index contributed by atoms with van der Waals surface area (Å²) in [7, 11) is 0. The van der Waals surface area contributed by atoms with Crippen LogP contribution in [-0.2, 0) is 11.3 Å². The highest BCUT2D eigenvalue weighted by Gasteiger charge is 2.33. The van der Waals surface area contributed by atoms with Crippen LogP contribution in [0.3, 0.4) is 0 Å². The standard InChI is InChI=1S/C19H32N4O2/c1-14(2)19-20-18(25-21-19)13-22-11-8-16(9-12-22)17-7-5-4-6-10-23(17)15(3)24/h14,16-17H,4-13H2,1-3H3/t17-/m1/s1. The van der Waals surface area contributed by atoms with Crippen LogP contribution >= 0.6 is 0 Å². The summed E-state index contributed by atoms with van der Waals surface area (Å²) in [6.45, 7) is 9.67. The molecule has 3 rings (SSSR count). The summed E-state index contributed by atoms with van der Waals surface area (Å²) in [6.07, 6.45) is 7.15. The maximum atomic E-state index is 12.1. The average Bonchev–Trinajstić information content (AvgIpc) is 2.91. The third-order valence-electron chi connectivity index (χ3n) is 5.74. The van der Waals surface area contributed by atoms with Crippen molar-refractivity contribution in [3.63, 3.8) is 0 Å². The molecule has 1 atom stereocenters. The Morgan fingerprint density at radius 3 is 2.56 bits per heavy atom. The fourth-order valence-corrected chi connectivity index (χ4v) is 4.27. The minimum atomic E-state index is 0.251. The molecule has 0 radical (unpaired) electrons. The van der Waals surface area contributed by atoms with E-state index in [1.54, 1.807) is 6.92 Å². The smallest absolute Gasteiger partial charge is 0.240 e. The van der Waals surface area contributed by atoms with Gasteiger partial charge in [-0.2, -0.15) is 4.98 Å². The molecule has 3 heterocycles. The van der Waals surface area contributed by atoms with Crippen LogP contribution in [0.1, 0.15) is 76.9 Å². The van der Waals surface area contributed by atoms with Crippen molar-refractivity contribution in [2.24, 2.45) is 5.92 Å². The van der Waals surface area contributed by atoms with Crippen LogP contribution in [0.4, 0.5) is 0 Å². The van der Waals surface area contributed by atoms with Crippen LogP contribution in [0.2, 0.25) is 0 Å². The van der Waals surface area contributed by atoms with Crippen molar-refractivity contribution < 1.29 is 9.32 Å². The predicted molar refractivity (Wildman–Crippen MR) is 96.0 cm³/mol. The Hall–Kier alpha value is -1.43. The van der Waals surface area contributed by atoms with Crippen LogP contribution in [0, 0.1) is 5.92 Å². The van der Waals surface area contributed by atoms with E-state index in [2.05, 4.69) is 33.8 Å². The van der Waals surface area contributed by atoms with E-state index in [-0.39, 0.29) is 5.91 Å². The van der Waals surface area contributed by atoms with E-state index in [9.17, 15) is 4.79 Å². The number of amides is 1. The first-order valence-corrected chi connectivity index (χ1v) is 9.86. The molecule has 6 heteroatoms. The van der Waals surface area contributed by atoms with Crippen LogP contribution in [-0.4, -0.2) is 51.5 Å². The van der Waals surface area contributed by atoms with Crippen molar-refractivity contribution in [3.05, 3.63) is 11.7 Å². The number of hydrogen-bond acceptors (Lipinski definition) is 5. The van der Waals surface area contributed by atoms with Crippen LogP contribution in [0.15, 0.2) is 4.52 Å². The Kier molecular flexibility index (Phi) is 6.10. The Bertz CT molecular complexity index is 564. The van der Waals surface area contributed by atoms with Crippen molar-refractivity contribution in [2.45, 2.75) is 77.8 Å². The summed E-state index contributed by atoms with van der Waals surface area (Å²) in [5.41, 5.74) is 0. The first-order chi connectivity index (χ1) is 12.0. The van der Waals surface area contributed by atoms with E-state index in [0.717, 1.165) is 57.2 Å². The van der Waals surface area contributed by atoms with Gasteiger partial charge >= 0.3 is 0 Å². The van der Waals surface area contributed by atoms with E-state index in [4.69, 9.17) is 4.52 Å². The Balaban J connectivity index is 1.54. The van der Waals surface area contributed by atoms with E-state index < -0.39 is 0 Å². The summed E-state index contributed by atoms with van der Waals surface area (Å²) in [4.78, 5) is 21.1. The highest BCUT2D eigenvalue weighted by atomic mass is 16.5. The van der Waals surface area contributed by atoms with Gasteiger partial charge in [0, 0.05) is 25.4 Å². The Morgan fingerprint density at radius 2 is 1.92 bits per heavy atom. The van der Waals surface area contributed by atoms with Gasteiger partial charge in [-0.05, 0) is 44.7 Å². The number of likely N-dealkylation sites (tertiary alicyclic amines) is 2. The maximum Gasteiger partial charge on any atom is 0.240 e. The molecule has 6 nitrogen and oxygen atoms in total. The van der Waals surface area contributed by atoms with Gasteiger partial charge in [0.05, 0.1) is 6.54 Å². The number of rotatable bonds is 4. The molecule has 1 aromatic rings. The third kappa shape index (κ3) is 4.60. The summed E-state index contributed by atoms with van der Waals surface area (Å²) in [5.74, 6) is 2.70. The molecule has 2 aliphatic heterocycles. The maximum absolute atomic E-state index is 12.1. The SMILES string of the molecule is CC(=O)N1CCCCC[C@@H]1C1CCN(Cc2nc(C(C)C)no2)CC1. The van der Waals surface area contributed by atoms with E-state index >= 15 is 0 Å². The molecule has 0 aromatic carbocycles. The minimum absolute atomic E-state index is 0.251. The molecule has 2 aliphatic rings. The van der Waals surface area contributed by atoms with E-state index in [1.165, 1.54) is 19.3 Å². The monoisotopic (exact) mass is 348 g/mol. The van der Waals surface area contributed by atoms with Gasteiger partial charge in [-0.15, -0.1) is 0 Å². The first kappa shape index (κ1) is 18.4. The number of carbonyl (C=O) groups excluding carboxylic acids is 1. The van der Waals surface area contributed by atoms with Gasteiger partial charge in [-0.25, -0.2) is 0 Å². The zero-order valence-electron chi connectivity index (χ0n) is 15.9. The molecule has 2 fully saturated rings. The molecule has 1 aromatic heterocycles. The lowest BCUT2D eigenvalue weighted by molar-refractivity contribution is -0.132. The quantitative estimate of drug-likeness (QED) is 0.836. The van der Waals surface area contributed by atoms with Crippen molar-refractivity contribution in [2.75, 3.05) is 19.6 Å². The lowest BCUT2D eigenvalue weighted by atomic mass is 9.86. The predicted octanol–water partition coefficient (Wildman–Crippen LogP) is 3.20. The van der Waals surface area contributed by atoms with Gasteiger partial charge in [0.15, 0.2) is 5.82 Å². The van der Waals surface area contributed by atoms with Gasteiger partial charge < -0.3 is 9.42 Å². The molecule has 0 N–H and O–H groups in total. The second-order valence-electron chi connectivity index (χ2n) is 7.94. The van der Waals surface area contributed by atoms with Crippen LogP contribution < -0.4 is 0 Å². The number of nitrogens with zero attached hydrogens (tertiary/aromatic N) is 4. The zero-order valence-corrected chi connectivity index (χ0v) is 15.9. The van der Waals surface area contributed by atoms with Crippen molar-refractivity contribution in [1.29, 1.82) is 0 Å². The topological polar surface area (TPSA) is 62.5 Å². The molecule has 0 saturated carbocycles. The molecule has 1 amide bonds. The van der Waals surface area contributed by atoms with E-state index in [1.807, 2.05) is 0 Å². The molecule has 25 heavy (non-hydrogen) atoms. The zero-order chi connectivity index (χ0) is 17.8. The second kappa shape index (κ2) is 8.30. The number of aromatic nitrogens is 2. The van der Waals surface area contributed by atoms with Gasteiger partial charge in [0.25, 0.3) is 0 Å². The fourth-order valence-electron chi connectivity index (χ4n) is 4.27. The van der Waals surface area contributed by atoms with Gasteiger partial charge in [0.2, 0.25) is 11.8 Å². The molecule has 140 valence electrons. The minimum Gasteiger partial charge on any atom is -0.340 e. The van der Waals surface area contributed by atoms with Gasteiger partial charge in [-0.1, -0.05) is 31.8 Å². The second-order valence-corrected chi connectivity index (χ2v) is 7.94. The Morgan fingerprint density at radius 1 is 1.16 bits per heavy atom. The molecule has 0 spiro atoms. The average molecular weight is 348 g/mol. The summed E-state index contributed by atoms with van der Waals surface area (Å²) < 4.78 is 5.38. The van der Waals surface area contributed by atoms with Crippen molar-refractivity contribution >= 4 is 5.91 Å². The first-order valence-electron chi connectivity index (χ1n) is 9.86. The third-order valence-corrected chi connectivity index (χ3v) is 5.74. The lowest BCUT2D eigenvalue weighted by Gasteiger charge is -2.40. The molecule has 0 aliphatic carbocycles. The highest BCUT2D eigenvalue weighted by Crippen LogP contribution is 2.30. The highest BCUT2D eigenvalue weighted by molar-refractivity contribution is 5.73. The molecular weight excluding hydrogens is 316 g/mol. The van der Waals surface area contributed by atoms with Gasteiger partial charge in [0.1, 0.15) is 0 Å². The number of piperidine rings is 1. The summed E-state index contributed by atoms with van der Waals surface area (Å²) >= 11 is 0. The number of hydrogen-bond donors (Lipinski definition) is 0. The number of carbonyl (C=O) groups is 1. The normalized spacial score (nSPS) is 23.8. The van der Waals surface area contributed by atoms with Gasteiger partial charge in [-0.3, -0.25) is 9.69 Å². The Labute approximate surface area is 150 Å². The summed E-state index contributed by atoms with van der Waals surface area (Å²) in [6, 6.07) is 0.443. The lowest BCUT2D eigenvalue weighted by Crippen LogP contribution is -2.47. The van der Waals surface area contributed by atoms with Crippen LogP contribution in [0.25, 0.3) is 0 Å². The molecule has 0 unspecified atom stereocenters. The largest absolute Gasteiger partial charge is 0.340 e. The van der Waals surface area contributed by atoms with Crippen molar-refractivity contribution in [1.82, 2.24) is 19.9 Å². The molecule has 2 saturated heterocycles. The van der Waals surface area contributed by atoms with E-state index in [0.29, 0.717) is 17.9 Å². The van der Waals surface area contributed by atoms with Crippen molar-refractivity contribution in [3.8, 4) is 0 Å². The molecule has 0 bridgehead atoms. The summed E-state index contributed by atoms with van der Waals surface area (Å²) in [5, 5.41) is 4.05. The van der Waals surface area contributed by atoms with Crippen LogP contribution in [0.5, 0.6) is 0 Å².